The van der Waals surface area contributed by atoms with Gasteiger partial charge in [-0.2, -0.15) is 10.2 Å². The molecule has 1 fully saturated rings. The fraction of sp³-hybridized carbons (Fsp3) is 0.688. The lowest BCUT2D eigenvalue weighted by Crippen LogP contribution is -2.15. The number of hydrogen-bond donors (Lipinski definition) is 0. The zero-order chi connectivity index (χ0) is 24.7. The number of hydrogen-bond acceptors (Lipinski definition) is 2. The van der Waals surface area contributed by atoms with Gasteiger partial charge in [-0.15, -0.1) is 0 Å². The molecule has 1 aliphatic carbocycles. The highest BCUT2D eigenvalue weighted by molar-refractivity contribution is 5.59. The van der Waals surface area contributed by atoms with Gasteiger partial charge in [0.2, 0.25) is 0 Å². The Balaban J connectivity index is 1.38. The summed E-state index contributed by atoms with van der Waals surface area (Å²) in [5, 5.41) is 8.82. The number of rotatable bonds is 16. The van der Waals surface area contributed by atoms with Gasteiger partial charge in [0.25, 0.3) is 0 Å². The van der Waals surface area contributed by atoms with E-state index >= 15 is 0 Å². The van der Waals surface area contributed by atoms with E-state index in [0.717, 1.165) is 42.4 Å². The molecular formula is C32H49FN2. The first-order chi connectivity index (χ1) is 17.2. The van der Waals surface area contributed by atoms with Crippen molar-refractivity contribution in [2.75, 3.05) is 0 Å². The molecule has 0 aliphatic heterocycles. The Bertz CT molecular complexity index is 824. The number of aromatic nitrogens is 2. The molecule has 1 saturated carbocycles. The van der Waals surface area contributed by atoms with E-state index in [2.05, 4.69) is 30.1 Å². The maximum absolute atomic E-state index is 14.8. The molecule has 1 heterocycles. The minimum atomic E-state index is -0.180. The first-order valence-electron chi connectivity index (χ1n) is 14.8. The smallest absolute Gasteiger partial charge is 0.132 e. The van der Waals surface area contributed by atoms with Crippen LogP contribution in [0.1, 0.15) is 128 Å². The third-order valence-corrected chi connectivity index (χ3v) is 8.09. The predicted molar refractivity (Wildman–Crippen MR) is 147 cm³/mol. The van der Waals surface area contributed by atoms with Crippen LogP contribution in [-0.2, 0) is 12.8 Å². The number of halogens is 1. The van der Waals surface area contributed by atoms with Gasteiger partial charge in [0.05, 0.1) is 11.4 Å². The molecule has 1 aliphatic rings. The average molecular weight is 481 g/mol. The first kappa shape index (κ1) is 27.8. The van der Waals surface area contributed by atoms with Gasteiger partial charge in [-0.05, 0) is 67.3 Å². The summed E-state index contributed by atoms with van der Waals surface area (Å²) in [6.45, 7) is 4.52. The quantitative estimate of drug-likeness (QED) is 0.223. The van der Waals surface area contributed by atoms with Gasteiger partial charge in [0.1, 0.15) is 5.82 Å². The summed E-state index contributed by atoms with van der Waals surface area (Å²) < 4.78 is 14.8. The van der Waals surface area contributed by atoms with Gasteiger partial charge >= 0.3 is 0 Å². The van der Waals surface area contributed by atoms with Crippen molar-refractivity contribution in [3.8, 4) is 11.3 Å². The van der Waals surface area contributed by atoms with E-state index in [4.69, 9.17) is 0 Å². The lowest BCUT2D eigenvalue weighted by atomic mass is 9.78. The van der Waals surface area contributed by atoms with Crippen molar-refractivity contribution in [2.45, 2.75) is 129 Å². The Morgan fingerprint density at radius 1 is 0.686 bits per heavy atom. The van der Waals surface area contributed by atoms with Gasteiger partial charge in [0.15, 0.2) is 0 Å². The molecule has 3 heteroatoms. The molecule has 35 heavy (non-hydrogen) atoms. The molecule has 0 atom stereocenters. The van der Waals surface area contributed by atoms with E-state index in [-0.39, 0.29) is 5.82 Å². The van der Waals surface area contributed by atoms with Crippen LogP contribution in [0, 0.1) is 17.7 Å². The minimum absolute atomic E-state index is 0.180. The van der Waals surface area contributed by atoms with Gasteiger partial charge in [-0.3, -0.25) is 0 Å². The van der Waals surface area contributed by atoms with Gasteiger partial charge in [-0.1, -0.05) is 110 Å². The molecule has 2 aromatic rings. The first-order valence-corrected chi connectivity index (χ1v) is 14.8. The van der Waals surface area contributed by atoms with E-state index in [1.54, 1.807) is 6.07 Å². The SMILES string of the molecule is CCCCCCCc1ccc(-c2ccc(CCC3CCC(CCCCCCC)CC3)nn2)c(F)c1. The highest BCUT2D eigenvalue weighted by atomic mass is 19.1. The van der Waals surface area contributed by atoms with Crippen LogP contribution in [0.3, 0.4) is 0 Å². The molecule has 1 aromatic heterocycles. The molecule has 0 radical (unpaired) electrons. The summed E-state index contributed by atoms with van der Waals surface area (Å²) >= 11 is 0. The van der Waals surface area contributed by atoms with Crippen LogP contribution < -0.4 is 0 Å². The van der Waals surface area contributed by atoms with Crippen LogP contribution in [0.2, 0.25) is 0 Å². The van der Waals surface area contributed by atoms with Crippen LogP contribution in [0.5, 0.6) is 0 Å². The van der Waals surface area contributed by atoms with E-state index in [1.165, 1.54) is 96.3 Å². The fourth-order valence-electron chi connectivity index (χ4n) is 5.69. The van der Waals surface area contributed by atoms with Crippen molar-refractivity contribution in [1.29, 1.82) is 0 Å². The Morgan fingerprint density at radius 2 is 1.34 bits per heavy atom. The monoisotopic (exact) mass is 480 g/mol. The van der Waals surface area contributed by atoms with E-state index in [9.17, 15) is 4.39 Å². The molecule has 0 bridgehead atoms. The van der Waals surface area contributed by atoms with E-state index < -0.39 is 0 Å². The summed E-state index contributed by atoms with van der Waals surface area (Å²) in [6, 6.07) is 9.61. The largest absolute Gasteiger partial charge is 0.206 e. The molecule has 2 nitrogen and oxygen atoms in total. The molecule has 0 N–H and O–H groups in total. The summed E-state index contributed by atoms with van der Waals surface area (Å²) in [5.74, 6) is 1.62. The van der Waals surface area contributed by atoms with Crippen LogP contribution in [0.15, 0.2) is 30.3 Å². The molecule has 3 rings (SSSR count). The van der Waals surface area contributed by atoms with Gasteiger partial charge < -0.3 is 0 Å². The zero-order valence-electron chi connectivity index (χ0n) is 22.5. The topological polar surface area (TPSA) is 25.8 Å². The van der Waals surface area contributed by atoms with Crippen molar-refractivity contribution < 1.29 is 4.39 Å². The number of benzene rings is 1. The predicted octanol–water partition coefficient (Wildman–Crippen LogP) is 9.90. The average Bonchev–Trinajstić information content (AvgIpc) is 2.88. The van der Waals surface area contributed by atoms with Crippen LogP contribution in [0.25, 0.3) is 11.3 Å². The molecular weight excluding hydrogens is 431 g/mol. The second kappa shape index (κ2) is 16.1. The summed E-state index contributed by atoms with van der Waals surface area (Å²) in [4.78, 5) is 0. The summed E-state index contributed by atoms with van der Waals surface area (Å²) in [6.07, 6.45) is 23.4. The van der Waals surface area contributed by atoms with Gasteiger partial charge in [0, 0.05) is 5.56 Å². The molecule has 1 aromatic carbocycles. The normalized spacial score (nSPS) is 18.1. The Kier molecular flexibility index (Phi) is 12.8. The number of unbranched alkanes of at least 4 members (excludes halogenated alkanes) is 8. The Hall–Kier alpha value is -1.77. The van der Waals surface area contributed by atoms with E-state index in [0.29, 0.717) is 11.3 Å². The summed E-state index contributed by atoms with van der Waals surface area (Å²) in [5.41, 5.74) is 3.32. The van der Waals surface area contributed by atoms with Crippen LogP contribution in [-0.4, -0.2) is 10.2 Å². The lowest BCUT2D eigenvalue weighted by Gasteiger charge is -2.28. The van der Waals surface area contributed by atoms with Crippen molar-refractivity contribution in [1.82, 2.24) is 10.2 Å². The standard InChI is InChI=1S/C32H49FN2/c1-3-5-7-9-11-13-26-15-17-27(18-16-26)19-21-29-22-24-32(35-34-29)30-23-20-28(25-31(30)33)14-12-10-8-6-4-2/h20,22-27H,3-19,21H2,1-2H3. The second-order valence-electron chi connectivity index (χ2n) is 11.0. The maximum Gasteiger partial charge on any atom is 0.132 e. The third-order valence-electron chi connectivity index (χ3n) is 8.09. The minimum Gasteiger partial charge on any atom is -0.206 e. The fourth-order valence-corrected chi connectivity index (χ4v) is 5.69. The van der Waals surface area contributed by atoms with Crippen molar-refractivity contribution >= 4 is 0 Å². The molecule has 0 unspecified atom stereocenters. The van der Waals surface area contributed by atoms with Crippen LogP contribution in [0.4, 0.5) is 4.39 Å². The lowest BCUT2D eigenvalue weighted by molar-refractivity contribution is 0.248. The number of aryl methyl sites for hydroxylation is 2. The van der Waals surface area contributed by atoms with E-state index in [1.807, 2.05) is 18.2 Å². The molecule has 194 valence electrons. The van der Waals surface area contributed by atoms with Crippen LogP contribution >= 0.6 is 0 Å². The zero-order valence-corrected chi connectivity index (χ0v) is 22.5. The molecule has 0 amide bonds. The van der Waals surface area contributed by atoms with Crippen molar-refractivity contribution in [3.63, 3.8) is 0 Å². The number of nitrogens with zero attached hydrogens (tertiary/aromatic N) is 2. The second-order valence-corrected chi connectivity index (χ2v) is 11.0. The summed E-state index contributed by atoms with van der Waals surface area (Å²) in [7, 11) is 0. The Labute approximate surface area is 214 Å². The Morgan fingerprint density at radius 3 is 1.97 bits per heavy atom. The van der Waals surface area contributed by atoms with Gasteiger partial charge in [-0.25, -0.2) is 4.39 Å². The highest BCUT2D eigenvalue weighted by Gasteiger charge is 2.21. The van der Waals surface area contributed by atoms with Crippen molar-refractivity contribution in [2.24, 2.45) is 11.8 Å². The van der Waals surface area contributed by atoms with Crippen molar-refractivity contribution in [3.05, 3.63) is 47.4 Å². The third kappa shape index (κ3) is 10.0. The molecule has 0 saturated heterocycles. The highest BCUT2D eigenvalue weighted by Crippen LogP contribution is 2.34. The maximum atomic E-state index is 14.8. The molecule has 0 spiro atoms.